The fourth-order valence-electron chi connectivity index (χ4n) is 4.68. The molecule has 13 heteroatoms. The number of phenolic OH excluding ortho intramolecular Hbond substituents is 5. The lowest BCUT2D eigenvalue weighted by molar-refractivity contribution is -0.240. The third-order valence-electron chi connectivity index (χ3n) is 6.76. The molecule has 1 aliphatic rings. The predicted octanol–water partition coefficient (Wildman–Crippen LogP) is 1.25. The van der Waals surface area contributed by atoms with Crippen LogP contribution in [0.3, 0.4) is 0 Å². The summed E-state index contributed by atoms with van der Waals surface area (Å²) in [6.07, 6.45) is -6.20. The van der Waals surface area contributed by atoms with E-state index in [4.69, 9.17) is 13.9 Å². The molecule has 0 radical (unpaired) electrons. The lowest BCUT2D eigenvalue weighted by Crippen LogP contribution is -2.56. The highest BCUT2D eigenvalue weighted by atomic mass is 16.6. The van der Waals surface area contributed by atoms with E-state index in [-0.39, 0.29) is 22.3 Å². The Bertz CT molecular complexity index is 1720. The summed E-state index contributed by atoms with van der Waals surface area (Å²) < 4.78 is 16.6. The Morgan fingerprint density at radius 2 is 1.56 bits per heavy atom. The van der Waals surface area contributed by atoms with Gasteiger partial charge in [0, 0.05) is 18.2 Å². The number of hydrogen-bond donors (Lipinski definition) is 8. The van der Waals surface area contributed by atoms with Gasteiger partial charge in [0.1, 0.15) is 58.2 Å². The van der Waals surface area contributed by atoms with Crippen LogP contribution in [0.2, 0.25) is 0 Å². The van der Waals surface area contributed by atoms with E-state index in [0.717, 1.165) is 24.3 Å². The normalized spacial score (nSPS) is 22.9. The number of esters is 1. The standard InChI is InChI=1S/C28H24O13/c29-10-19-24(36)26(38)28(41-20(34)6-3-11-1-4-12(30)5-2-11)27(40-19)21-16(33)9-18-22(25(21)37)23(35)13-7-14(31)15(32)8-17(13)39-18/h1-9,19,24,26-33,36-38H,10H2/b6-3+/t19-,24-,26+,27?,28-/m1/s1. The third kappa shape index (κ3) is 4.98. The molecule has 13 nitrogen and oxygen atoms in total. The van der Waals surface area contributed by atoms with Crippen LogP contribution in [0.5, 0.6) is 28.7 Å². The van der Waals surface area contributed by atoms with Gasteiger partial charge in [0.05, 0.1) is 17.6 Å². The van der Waals surface area contributed by atoms with Crippen LogP contribution >= 0.6 is 0 Å². The average molecular weight is 568 g/mol. The Labute approximate surface area is 229 Å². The van der Waals surface area contributed by atoms with Gasteiger partial charge in [-0.15, -0.1) is 0 Å². The fourth-order valence-corrected chi connectivity index (χ4v) is 4.68. The van der Waals surface area contributed by atoms with E-state index in [1.165, 1.54) is 30.3 Å². The molecule has 41 heavy (non-hydrogen) atoms. The van der Waals surface area contributed by atoms with Crippen molar-refractivity contribution in [1.29, 1.82) is 0 Å². The first-order valence-electron chi connectivity index (χ1n) is 12.2. The van der Waals surface area contributed by atoms with Crippen LogP contribution in [-0.2, 0) is 14.3 Å². The number of ether oxygens (including phenoxy) is 2. The molecule has 1 unspecified atom stereocenters. The van der Waals surface area contributed by atoms with E-state index in [2.05, 4.69) is 0 Å². The first-order chi connectivity index (χ1) is 19.5. The Hall–Kier alpha value is -4.82. The number of carbonyl (C=O) groups is 1. The van der Waals surface area contributed by atoms with Gasteiger partial charge in [0.2, 0.25) is 5.43 Å². The topological polar surface area (TPSA) is 228 Å². The summed E-state index contributed by atoms with van der Waals surface area (Å²) in [5, 5.41) is 81.3. The maximum atomic E-state index is 13.3. The van der Waals surface area contributed by atoms with Crippen molar-refractivity contribution in [2.75, 3.05) is 6.61 Å². The number of hydrogen-bond acceptors (Lipinski definition) is 13. The minimum Gasteiger partial charge on any atom is -0.508 e. The van der Waals surface area contributed by atoms with Crippen LogP contribution in [0.15, 0.2) is 57.8 Å². The number of phenols is 5. The first kappa shape index (κ1) is 27.7. The van der Waals surface area contributed by atoms with Gasteiger partial charge in [-0.2, -0.15) is 0 Å². The minimum atomic E-state index is -1.88. The molecule has 0 spiro atoms. The van der Waals surface area contributed by atoms with Crippen molar-refractivity contribution in [3.8, 4) is 28.7 Å². The molecule has 3 aromatic carbocycles. The second-order valence-corrected chi connectivity index (χ2v) is 9.38. The number of aliphatic hydroxyl groups excluding tert-OH is 3. The number of aliphatic hydroxyl groups is 3. The number of aromatic hydroxyl groups is 5. The smallest absolute Gasteiger partial charge is 0.331 e. The summed E-state index contributed by atoms with van der Waals surface area (Å²) in [4.78, 5) is 26.0. The minimum absolute atomic E-state index is 0.00875. The number of rotatable bonds is 5. The van der Waals surface area contributed by atoms with E-state index >= 15 is 0 Å². The van der Waals surface area contributed by atoms with Crippen molar-refractivity contribution in [2.45, 2.75) is 30.5 Å². The number of benzene rings is 3. The Morgan fingerprint density at radius 1 is 0.902 bits per heavy atom. The van der Waals surface area contributed by atoms with Gasteiger partial charge in [-0.25, -0.2) is 4.79 Å². The van der Waals surface area contributed by atoms with E-state index < -0.39 is 82.5 Å². The van der Waals surface area contributed by atoms with Crippen LogP contribution in [0, 0.1) is 0 Å². The number of fused-ring (bicyclic) bond motifs is 2. The zero-order valence-corrected chi connectivity index (χ0v) is 20.9. The molecule has 1 aromatic heterocycles. The summed E-state index contributed by atoms with van der Waals surface area (Å²) in [5.41, 5.74) is -1.34. The molecule has 0 saturated carbocycles. The zero-order valence-electron chi connectivity index (χ0n) is 20.9. The van der Waals surface area contributed by atoms with Gasteiger partial charge < -0.3 is 54.7 Å². The van der Waals surface area contributed by atoms with Gasteiger partial charge in [-0.1, -0.05) is 12.1 Å². The second kappa shape index (κ2) is 10.6. The van der Waals surface area contributed by atoms with Crippen molar-refractivity contribution in [2.24, 2.45) is 0 Å². The molecule has 0 aliphatic carbocycles. The second-order valence-electron chi connectivity index (χ2n) is 9.38. The monoisotopic (exact) mass is 568 g/mol. The van der Waals surface area contributed by atoms with Gasteiger partial charge in [0.15, 0.2) is 17.6 Å². The molecule has 1 saturated heterocycles. The molecule has 0 amide bonds. The molecule has 5 atom stereocenters. The first-order valence-corrected chi connectivity index (χ1v) is 12.2. The molecule has 2 heterocycles. The highest BCUT2D eigenvalue weighted by molar-refractivity contribution is 5.96. The Balaban J connectivity index is 1.59. The highest BCUT2D eigenvalue weighted by Gasteiger charge is 2.49. The summed E-state index contributed by atoms with van der Waals surface area (Å²) in [6.45, 7) is -0.805. The summed E-state index contributed by atoms with van der Waals surface area (Å²) >= 11 is 0. The van der Waals surface area contributed by atoms with Gasteiger partial charge in [0.25, 0.3) is 0 Å². The van der Waals surface area contributed by atoms with Gasteiger partial charge in [-0.05, 0) is 29.8 Å². The third-order valence-corrected chi connectivity index (χ3v) is 6.76. The molecule has 0 bridgehead atoms. The fraction of sp³-hybridized carbons (Fsp3) is 0.214. The molecule has 8 N–H and O–H groups in total. The molecular weight excluding hydrogens is 544 g/mol. The van der Waals surface area contributed by atoms with Crippen molar-refractivity contribution in [1.82, 2.24) is 0 Å². The maximum Gasteiger partial charge on any atom is 0.331 e. The molecule has 1 fully saturated rings. The van der Waals surface area contributed by atoms with Crippen molar-refractivity contribution >= 4 is 34.0 Å². The zero-order chi connectivity index (χ0) is 29.6. The molecule has 5 rings (SSSR count). The average Bonchev–Trinajstić information content (AvgIpc) is 2.93. The van der Waals surface area contributed by atoms with Crippen LogP contribution in [0.1, 0.15) is 17.2 Å². The van der Waals surface area contributed by atoms with Crippen molar-refractivity contribution in [3.05, 3.63) is 69.9 Å². The lowest BCUT2D eigenvalue weighted by atomic mass is 9.89. The van der Waals surface area contributed by atoms with Crippen LogP contribution in [-0.4, -0.2) is 77.8 Å². The lowest BCUT2D eigenvalue weighted by Gasteiger charge is -2.42. The molecule has 214 valence electrons. The van der Waals surface area contributed by atoms with E-state index in [9.17, 15) is 50.4 Å². The van der Waals surface area contributed by atoms with Gasteiger partial charge in [-0.3, -0.25) is 4.79 Å². The Morgan fingerprint density at radius 3 is 2.24 bits per heavy atom. The van der Waals surface area contributed by atoms with Crippen molar-refractivity contribution < 1.29 is 59.5 Å². The van der Waals surface area contributed by atoms with E-state index in [0.29, 0.717) is 5.56 Å². The SMILES string of the molecule is O=C(/C=C/c1ccc(O)cc1)O[C@H]1C(c2c(O)cc3oc4cc(O)c(O)cc4c(=O)c3c2O)O[C@H](CO)[C@@H](O)[C@@H]1O. The van der Waals surface area contributed by atoms with Crippen LogP contribution < -0.4 is 5.43 Å². The van der Waals surface area contributed by atoms with Gasteiger partial charge >= 0.3 is 5.97 Å². The van der Waals surface area contributed by atoms with Crippen LogP contribution in [0.25, 0.3) is 28.0 Å². The van der Waals surface area contributed by atoms with E-state index in [1.54, 1.807) is 0 Å². The summed E-state index contributed by atoms with van der Waals surface area (Å²) in [6, 6.07) is 8.65. The largest absolute Gasteiger partial charge is 0.508 e. The Kier molecular flexibility index (Phi) is 7.19. The quantitative estimate of drug-likeness (QED) is 0.0735. The highest BCUT2D eigenvalue weighted by Crippen LogP contribution is 2.46. The maximum absolute atomic E-state index is 13.3. The van der Waals surface area contributed by atoms with Crippen LogP contribution in [0.4, 0.5) is 0 Å². The summed E-state index contributed by atoms with van der Waals surface area (Å²) in [5.74, 6) is -3.82. The predicted molar refractivity (Wildman–Crippen MR) is 140 cm³/mol. The molecule has 1 aliphatic heterocycles. The van der Waals surface area contributed by atoms with E-state index in [1.807, 2.05) is 0 Å². The summed E-state index contributed by atoms with van der Waals surface area (Å²) in [7, 11) is 0. The molecular formula is C28H24O13. The van der Waals surface area contributed by atoms with Crippen molar-refractivity contribution in [3.63, 3.8) is 0 Å². The molecule has 4 aromatic rings. The number of carbonyl (C=O) groups excluding carboxylic acids is 1.